The maximum atomic E-state index is 12.9. The minimum atomic E-state index is -3.75. The lowest BCUT2D eigenvalue weighted by molar-refractivity contribution is -0.385. The second kappa shape index (κ2) is 9.13. The van der Waals surface area contributed by atoms with Gasteiger partial charge in [-0.25, -0.2) is 13.2 Å². The molecule has 1 N–H and O–H groups in total. The van der Waals surface area contributed by atoms with Crippen molar-refractivity contribution >= 4 is 44.8 Å². The van der Waals surface area contributed by atoms with Crippen LogP contribution in [-0.2, 0) is 9.84 Å². The zero-order valence-electron chi connectivity index (χ0n) is 17.4. The summed E-state index contributed by atoms with van der Waals surface area (Å²) >= 11 is 6.08. The Bertz CT molecular complexity index is 1190. The summed E-state index contributed by atoms with van der Waals surface area (Å²) in [5.41, 5.74) is 0.865. The highest BCUT2D eigenvalue weighted by atomic mass is 35.5. The van der Waals surface area contributed by atoms with Crippen LogP contribution in [0.3, 0.4) is 0 Å². The van der Waals surface area contributed by atoms with Crippen LogP contribution in [0, 0.1) is 17.0 Å². The molecule has 1 heterocycles. The van der Waals surface area contributed by atoms with Gasteiger partial charge in [0.1, 0.15) is 0 Å². The minimum absolute atomic E-state index is 0.0909. The number of anilines is 1. The molecule has 12 heteroatoms. The van der Waals surface area contributed by atoms with Crippen LogP contribution in [0.25, 0.3) is 0 Å². The largest absolute Gasteiger partial charge is 0.335 e. The number of urea groups is 1. The van der Waals surface area contributed by atoms with E-state index in [9.17, 15) is 28.1 Å². The van der Waals surface area contributed by atoms with Gasteiger partial charge in [-0.15, -0.1) is 0 Å². The number of aryl methyl sites for hydroxylation is 1. The number of amides is 3. The van der Waals surface area contributed by atoms with Gasteiger partial charge in [0.25, 0.3) is 11.6 Å². The lowest BCUT2D eigenvalue weighted by atomic mass is 10.1. The third kappa shape index (κ3) is 5.35. The Morgan fingerprint density at radius 1 is 1.06 bits per heavy atom. The molecule has 0 aromatic heterocycles. The maximum absolute atomic E-state index is 12.9. The van der Waals surface area contributed by atoms with E-state index < -0.39 is 26.4 Å². The van der Waals surface area contributed by atoms with E-state index in [1.54, 1.807) is 18.2 Å². The van der Waals surface area contributed by atoms with Crippen molar-refractivity contribution in [2.24, 2.45) is 0 Å². The van der Waals surface area contributed by atoms with Crippen molar-refractivity contribution in [2.75, 3.05) is 37.8 Å². The third-order valence-corrected chi connectivity index (χ3v) is 6.55. The molecule has 170 valence electrons. The predicted molar refractivity (Wildman–Crippen MR) is 119 cm³/mol. The smallest absolute Gasteiger partial charge is 0.321 e. The second-order valence-corrected chi connectivity index (χ2v) is 9.84. The molecular weight excluding hydrogens is 460 g/mol. The lowest BCUT2D eigenvalue weighted by Gasteiger charge is -2.34. The number of rotatable bonds is 4. The summed E-state index contributed by atoms with van der Waals surface area (Å²) in [5, 5.41) is 14.5. The van der Waals surface area contributed by atoms with Gasteiger partial charge in [-0.05, 0) is 30.7 Å². The van der Waals surface area contributed by atoms with Gasteiger partial charge >= 0.3 is 6.03 Å². The highest BCUT2D eigenvalue weighted by Gasteiger charge is 2.27. The van der Waals surface area contributed by atoms with Gasteiger partial charge in [0, 0.05) is 60.8 Å². The number of nitrogens with zero attached hydrogens (tertiary/aromatic N) is 3. The van der Waals surface area contributed by atoms with Gasteiger partial charge < -0.3 is 15.1 Å². The van der Waals surface area contributed by atoms with E-state index in [-0.39, 0.29) is 42.7 Å². The number of sulfone groups is 1. The standard InChI is InChI=1S/C20H21ClN4O6S/c1-13-3-4-15(11-18(13)21)22-20(27)24-7-5-23(6-8-24)19(26)14-9-16(25(28)29)12-17(10-14)32(2,30)31/h3-4,9-12H,5-8H2,1-2H3,(H,22,27). The van der Waals surface area contributed by atoms with Crippen molar-refractivity contribution in [3.05, 3.63) is 62.7 Å². The summed E-state index contributed by atoms with van der Waals surface area (Å²) in [6, 6.07) is 7.94. The van der Waals surface area contributed by atoms with E-state index in [1.807, 2.05) is 6.92 Å². The SMILES string of the molecule is Cc1ccc(NC(=O)N2CCN(C(=O)c3cc([N+](=O)[O-])cc(S(C)(=O)=O)c3)CC2)cc1Cl. The first kappa shape index (κ1) is 23.5. The average molecular weight is 481 g/mol. The van der Waals surface area contributed by atoms with E-state index in [1.165, 1.54) is 9.80 Å². The summed E-state index contributed by atoms with van der Waals surface area (Å²) in [4.78, 5) is 38.5. The van der Waals surface area contributed by atoms with Crippen LogP contribution >= 0.6 is 11.6 Å². The summed E-state index contributed by atoms with van der Waals surface area (Å²) in [6.45, 7) is 2.72. The fraction of sp³-hybridized carbons (Fsp3) is 0.300. The fourth-order valence-corrected chi connectivity index (χ4v) is 4.05. The minimum Gasteiger partial charge on any atom is -0.335 e. The predicted octanol–water partition coefficient (Wildman–Crippen LogP) is 2.95. The Morgan fingerprint density at radius 3 is 2.25 bits per heavy atom. The summed E-state index contributed by atoms with van der Waals surface area (Å²) in [5.74, 6) is -0.538. The Balaban J connectivity index is 1.69. The van der Waals surface area contributed by atoms with Crippen LogP contribution in [0.1, 0.15) is 15.9 Å². The van der Waals surface area contributed by atoms with Gasteiger partial charge in [0.05, 0.1) is 9.82 Å². The lowest BCUT2D eigenvalue weighted by Crippen LogP contribution is -2.51. The molecule has 0 spiro atoms. The van der Waals surface area contributed by atoms with Crippen LogP contribution < -0.4 is 5.32 Å². The van der Waals surface area contributed by atoms with Crippen molar-refractivity contribution in [2.45, 2.75) is 11.8 Å². The van der Waals surface area contributed by atoms with Gasteiger partial charge in [-0.1, -0.05) is 17.7 Å². The summed E-state index contributed by atoms with van der Waals surface area (Å²) in [6.07, 6.45) is 0.916. The number of piperazine rings is 1. The van der Waals surface area contributed by atoms with Crippen molar-refractivity contribution in [1.82, 2.24) is 9.80 Å². The number of hydrogen-bond acceptors (Lipinski definition) is 6. The normalized spacial score (nSPS) is 14.2. The molecule has 3 amide bonds. The molecule has 10 nitrogen and oxygen atoms in total. The molecule has 32 heavy (non-hydrogen) atoms. The van der Waals surface area contributed by atoms with Crippen molar-refractivity contribution in [3.63, 3.8) is 0 Å². The number of nitro benzene ring substituents is 1. The molecule has 0 aliphatic carbocycles. The topological polar surface area (TPSA) is 130 Å². The van der Waals surface area contributed by atoms with E-state index in [4.69, 9.17) is 11.6 Å². The number of carbonyl (C=O) groups is 2. The highest BCUT2D eigenvalue weighted by Crippen LogP contribution is 2.23. The molecule has 1 aliphatic heterocycles. The van der Waals surface area contributed by atoms with Gasteiger partial charge in [0.15, 0.2) is 9.84 Å². The zero-order valence-corrected chi connectivity index (χ0v) is 18.9. The second-order valence-electron chi connectivity index (χ2n) is 7.42. The fourth-order valence-electron chi connectivity index (χ4n) is 3.19. The number of halogens is 1. The third-order valence-electron chi connectivity index (χ3n) is 5.05. The Kier molecular flexibility index (Phi) is 6.70. The molecule has 3 rings (SSSR count). The first-order valence-electron chi connectivity index (χ1n) is 9.56. The summed E-state index contributed by atoms with van der Waals surface area (Å²) in [7, 11) is -3.75. The van der Waals surface area contributed by atoms with Gasteiger partial charge in [-0.2, -0.15) is 0 Å². The number of non-ortho nitro benzene ring substituents is 1. The van der Waals surface area contributed by atoms with E-state index in [2.05, 4.69) is 5.32 Å². The average Bonchev–Trinajstić information content (AvgIpc) is 2.75. The zero-order chi connectivity index (χ0) is 23.6. The molecule has 0 bridgehead atoms. The quantitative estimate of drug-likeness (QED) is 0.529. The summed E-state index contributed by atoms with van der Waals surface area (Å²) < 4.78 is 23.7. The number of nitro groups is 1. The van der Waals surface area contributed by atoms with E-state index in [0.29, 0.717) is 10.7 Å². The Morgan fingerprint density at radius 2 is 1.69 bits per heavy atom. The number of nitrogens with one attached hydrogen (secondary N) is 1. The van der Waals surface area contributed by atoms with Crippen molar-refractivity contribution in [1.29, 1.82) is 0 Å². The molecule has 1 fully saturated rings. The number of benzene rings is 2. The number of carbonyl (C=O) groups excluding carboxylic acids is 2. The Hall–Kier alpha value is -3.18. The van der Waals surface area contributed by atoms with Crippen LogP contribution in [-0.4, -0.2) is 67.5 Å². The Labute approximate surface area is 189 Å². The molecule has 0 saturated carbocycles. The van der Waals surface area contributed by atoms with E-state index >= 15 is 0 Å². The maximum Gasteiger partial charge on any atom is 0.321 e. The molecule has 0 atom stereocenters. The first-order chi connectivity index (χ1) is 15.0. The van der Waals surface area contributed by atoms with Crippen LogP contribution in [0.5, 0.6) is 0 Å². The molecular formula is C20H21ClN4O6S. The van der Waals surface area contributed by atoms with Crippen molar-refractivity contribution < 1.29 is 22.9 Å². The first-order valence-corrected chi connectivity index (χ1v) is 11.8. The van der Waals surface area contributed by atoms with Gasteiger partial charge in [0.2, 0.25) is 0 Å². The molecule has 1 aliphatic rings. The van der Waals surface area contributed by atoms with Crippen molar-refractivity contribution in [3.8, 4) is 0 Å². The highest BCUT2D eigenvalue weighted by molar-refractivity contribution is 7.90. The monoisotopic (exact) mass is 480 g/mol. The molecule has 0 radical (unpaired) electrons. The molecule has 1 saturated heterocycles. The van der Waals surface area contributed by atoms with Crippen LogP contribution in [0.2, 0.25) is 5.02 Å². The molecule has 0 unspecified atom stereocenters. The number of hydrogen-bond donors (Lipinski definition) is 1. The van der Waals surface area contributed by atoms with Crippen LogP contribution in [0.4, 0.5) is 16.2 Å². The van der Waals surface area contributed by atoms with Crippen LogP contribution in [0.15, 0.2) is 41.3 Å². The molecule has 2 aromatic carbocycles. The van der Waals surface area contributed by atoms with E-state index in [0.717, 1.165) is 30.0 Å². The molecule has 2 aromatic rings. The van der Waals surface area contributed by atoms with Gasteiger partial charge in [-0.3, -0.25) is 14.9 Å².